The summed E-state index contributed by atoms with van der Waals surface area (Å²) in [5.74, 6) is -0.177. The number of rotatable bonds is 8. The van der Waals surface area contributed by atoms with Gasteiger partial charge in [0.2, 0.25) is 15.9 Å². The predicted octanol–water partition coefficient (Wildman–Crippen LogP) is 2.38. The molecule has 0 aromatic heterocycles. The van der Waals surface area contributed by atoms with Crippen LogP contribution in [0.25, 0.3) is 0 Å². The molecule has 1 aliphatic heterocycles. The van der Waals surface area contributed by atoms with E-state index in [0.29, 0.717) is 35.8 Å². The SMILES string of the molecule is CC(C)NC1CCN(CCC(=O)Nc2cc(S(=O)(=O)N(C)C)ccc2Cl)CC1. The van der Waals surface area contributed by atoms with Gasteiger partial charge in [0.1, 0.15) is 0 Å². The number of benzene rings is 1. The Bertz CT molecular complexity index is 775. The van der Waals surface area contributed by atoms with Crippen LogP contribution in [-0.4, -0.2) is 69.3 Å². The first-order chi connectivity index (χ1) is 13.1. The van der Waals surface area contributed by atoms with Crippen LogP contribution < -0.4 is 10.6 Å². The molecule has 158 valence electrons. The van der Waals surface area contributed by atoms with Crippen molar-refractivity contribution in [2.45, 2.75) is 50.1 Å². The Labute approximate surface area is 173 Å². The number of nitrogens with one attached hydrogen (secondary N) is 2. The van der Waals surface area contributed by atoms with Crippen LogP contribution >= 0.6 is 11.6 Å². The van der Waals surface area contributed by atoms with Crippen molar-refractivity contribution < 1.29 is 13.2 Å². The number of carbonyl (C=O) groups excluding carboxylic acids is 1. The Kier molecular flexibility index (Phi) is 8.27. The summed E-state index contributed by atoms with van der Waals surface area (Å²) in [6.45, 7) is 6.92. The van der Waals surface area contributed by atoms with Gasteiger partial charge in [-0.2, -0.15) is 0 Å². The molecule has 9 heteroatoms. The molecule has 0 bridgehead atoms. The molecule has 1 aromatic carbocycles. The van der Waals surface area contributed by atoms with Crippen LogP contribution in [0.1, 0.15) is 33.1 Å². The van der Waals surface area contributed by atoms with Crippen molar-refractivity contribution >= 4 is 33.2 Å². The number of hydrogen-bond acceptors (Lipinski definition) is 5. The monoisotopic (exact) mass is 430 g/mol. The highest BCUT2D eigenvalue weighted by molar-refractivity contribution is 7.89. The Morgan fingerprint density at radius 1 is 1.29 bits per heavy atom. The maximum absolute atomic E-state index is 12.3. The summed E-state index contributed by atoms with van der Waals surface area (Å²) in [5, 5.41) is 6.61. The van der Waals surface area contributed by atoms with Gasteiger partial charge < -0.3 is 15.5 Å². The number of sulfonamides is 1. The number of anilines is 1. The smallest absolute Gasteiger partial charge is 0.242 e. The van der Waals surface area contributed by atoms with Crippen LogP contribution in [0, 0.1) is 0 Å². The summed E-state index contributed by atoms with van der Waals surface area (Å²) in [7, 11) is -0.665. The van der Waals surface area contributed by atoms with Gasteiger partial charge in [0.05, 0.1) is 15.6 Å². The minimum atomic E-state index is -3.59. The highest BCUT2D eigenvalue weighted by Crippen LogP contribution is 2.26. The predicted molar refractivity (Wildman–Crippen MR) is 113 cm³/mol. The van der Waals surface area contributed by atoms with Gasteiger partial charge in [-0.15, -0.1) is 0 Å². The molecule has 1 saturated heterocycles. The number of carbonyl (C=O) groups is 1. The number of nitrogens with zero attached hydrogens (tertiary/aromatic N) is 2. The van der Waals surface area contributed by atoms with E-state index in [2.05, 4.69) is 29.4 Å². The molecule has 28 heavy (non-hydrogen) atoms. The average Bonchev–Trinajstić information content (AvgIpc) is 2.62. The van der Waals surface area contributed by atoms with Gasteiger partial charge in [-0.25, -0.2) is 12.7 Å². The van der Waals surface area contributed by atoms with Crippen LogP contribution in [0.15, 0.2) is 23.1 Å². The molecule has 0 radical (unpaired) electrons. The second-order valence-corrected chi connectivity index (χ2v) is 10.2. The highest BCUT2D eigenvalue weighted by Gasteiger charge is 2.21. The summed E-state index contributed by atoms with van der Waals surface area (Å²) in [6.07, 6.45) is 2.50. The van der Waals surface area contributed by atoms with E-state index in [9.17, 15) is 13.2 Å². The average molecular weight is 431 g/mol. The summed E-state index contributed by atoms with van der Waals surface area (Å²) >= 11 is 6.14. The molecule has 1 aliphatic rings. The molecule has 1 fully saturated rings. The normalized spacial score (nSPS) is 16.7. The number of piperidine rings is 1. The van der Waals surface area contributed by atoms with Gasteiger partial charge in [0.15, 0.2) is 0 Å². The molecule has 0 atom stereocenters. The molecule has 0 aliphatic carbocycles. The largest absolute Gasteiger partial charge is 0.325 e. The third kappa shape index (κ3) is 6.42. The second-order valence-electron chi connectivity index (χ2n) is 7.66. The van der Waals surface area contributed by atoms with Crippen molar-refractivity contribution in [3.05, 3.63) is 23.2 Å². The molecular formula is C19H31ClN4O3S. The second kappa shape index (κ2) is 10.0. The molecule has 1 amide bonds. The van der Waals surface area contributed by atoms with E-state index in [1.54, 1.807) is 0 Å². The minimum absolute atomic E-state index is 0.0944. The van der Waals surface area contributed by atoms with Crippen LogP contribution in [0.4, 0.5) is 5.69 Å². The van der Waals surface area contributed by atoms with Gasteiger partial charge in [-0.1, -0.05) is 25.4 Å². The van der Waals surface area contributed by atoms with E-state index in [-0.39, 0.29) is 10.8 Å². The zero-order chi connectivity index (χ0) is 20.9. The molecule has 2 N–H and O–H groups in total. The summed E-state index contributed by atoms with van der Waals surface area (Å²) < 4.78 is 25.7. The van der Waals surface area contributed by atoms with E-state index in [1.807, 2.05) is 0 Å². The first kappa shape index (κ1) is 23.1. The maximum atomic E-state index is 12.3. The van der Waals surface area contributed by atoms with Crippen LogP contribution in [-0.2, 0) is 14.8 Å². The first-order valence-corrected chi connectivity index (χ1v) is 11.4. The fourth-order valence-corrected chi connectivity index (χ4v) is 4.33. The lowest BCUT2D eigenvalue weighted by molar-refractivity contribution is -0.116. The molecule has 2 rings (SSSR count). The van der Waals surface area contributed by atoms with Crippen molar-refractivity contribution in [3.63, 3.8) is 0 Å². The molecule has 7 nitrogen and oxygen atoms in total. The first-order valence-electron chi connectivity index (χ1n) is 9.60. The van der Waals surface area contributed by atoms with Crippen molar-refractivity contribution in [1.82, 2.24) is 14.5 Å². The van der Waals surface area contributed by atoms with Crippen LogP contribution in [0.3, 0.4) is 0 Å². The van der Waals surface area contributed by atoms with E-state index in [0.717, 1.165) is 30.2 Å². The Hall–Kier alpha value is -1.19. The van der Waals surface area contributed by atoms with Gasteiger partial charge in [0.25, 0.3) is 0 Å². The fraction of sp³-hybridized carbons (Fsp3) is 0.632. The zero-order valence-electron chi connectivity index (χ0n) is 17.0. The molecule has 0 unspecified atom stereocenters. The molecular weight excluding hydrogens is 400 g/mol. The van der Waals surface area contributed by atoms with Crippen molar-refractivity contribution in [3.8, 4) is 0 Å². The fourth-order valence-electron chi connectivity index (χ4n) is 3.24. The lowest BCUT2D eigenvalue weighted by Gasteiger charge is -2.33. The Balaban J connectivity index is 1.88. The molecule has 0 saturated carbocycles. The minimum Gasteiger partial charge on any atom is -0.325 e. The van der Waals surface area contributed by atoms with Crippen LogP contribution in [0.2, 0.25) is 5.02 Å². The standard InChI is InChI=1S/C19H31ClN4O3S/c1-14(2)21-15-7-10-24(11-8-15)12-9-19(25)22-18-13-16(5-6-17(18)20)28(26,27)23(3)4/h5-6,13-15,21H,7-12H2,1-4H3,(H,22,25). The summed E-state index contributed by atoms with van der Waals surface area (Å²) in [4.78, 5) is 14.7. The third-order valence-corrected chi connectivity index (χ3v) is 6.94. The van der Waals surface area contributed by atoms with Crippen molar-refractivity contribution in [2.24, 2.45) is 0 Å². The quantitative estimate of drug-likeness (QED) is 0.661. The molecule has 0 spiro atoms. The van der Waals surface area contributed by atoms with Crippen molar-refractivity contribution in [2.75, 3.05) is 39.0 Å². The number of amides is 1. The number of hydrogen-bond donors (Lipinski definition) is 2. The van der Waals surface area contributed by atoms with E-state index >= 15 is 0 Å². The lowest BCUT2D eigenvalue weighted by Crippen LogP contribution is -2.45. The topological polar surface area (TPSA) is 81.8 Å². The Morgan fingerprint density at radius 2 is 1.93 bits per heavy atom. The summed E-state index contributed by atoms with van der Waals surface area (Å²) in [6, 6.07) is 5.35. The van der Waals surface area contributed by atoms with E-state index < -0.39 is 10.0 Å². The van der Waals surface area contributed by atoms with E-state index in [4.69, 9.17) is 11.6 Å². The van der Waals surface area contributed by atoms with Gasteiger partial charge in [0, 0.05) is 39.1 Å². The van der Waals surface area contributed by atoms with Crippen LogP contribution in [0.5, 0.6) is 0 Å². The van der Waals surface area contributed by atoms with Gasteiger partial charge >= 0.3 is 0 Å². The maximum Gasteiger partial charge on any atom is 0.242 e. The number of halogens is 1. The van der Waals surface area contributed by atoms with Gasteiger partial charge in [-0.05, 0) is 44.1 Å². The molecule has 1 heterocycles. The van der Waals surface area contributed by atoms with Gasteiger partial charge in [-0.3, -0.25) is 4.79 Å². The number of likely N-dealkylation sites (tertiary alicyclic amines) is 1. The molecule has 1 aromatic rings. The van der Waals surface area contributed by atoms with Crippen molar-refractivity contribution in [1.29, 1.82) is 0 Å². The Morgan fingerprint density at radius 3 is 2.50 bits per heavy atom. The van der Waals surface area contributed by atoms with E-state index in [1.165, 1.54) is 32.3 Å². The highest BCUT2D eigenvalue weighted by atomic mass is 35.5. The lowest BCUT2D eigenvalue weighted by atomic mass is 10.0. The summed E-state index contributed by atoms with van der Waals surface area (Å²) in [5.41, 5.74) is 0.314. The third-order valence-electron chi connectivity index (χ3n) is 4.80. The zero-order valence-corrected chi connectivity index (χ0v) is 18.6.